The van der Waals surface area contributed by atoms with Crippen LogP contribution >= 0.6 is 0 Å². The van der Waals surface area contributed by atoms with Gasteiger partial charge < -0.3 is 4.74 Å². The Morgan fingerprint density at radius 2 is 2.40 bits per heavy atom. The van der Waals surface area contributed by atoms with Crippen LogP contribution in [-0.2, 0) is 4.79 Å². The van der Waals surface area contributed by atoms with Crippen LogP contribution in [0.3, 0.4) is 0 Å². The number of nitro groups is 1. The molecule has 1 aromatic rings. The Balaban J connectivity index is 2.43. The standard InChI is InChI=1S/C10H8NO4/c12-5-4-7-6-15-10-8(7)2-1-3-9(10)11(13)14/h1-3,7H,4,6H2. The summed E-state index contributed by atoms with van der Waals surface area (Å²) in [5, 5.41) is 10.7. The molecule has 1 atom stereocenters. The maximum absolute atomic E-state index is 10.7. The largest absolute Gasteiger partial charge is 0.486 e. The van der Waals surface area contributed by atoms with Gasteiger partial charge in [-0.25, -0.2) is 0 Å². The van der Waals surface area contributed by atoms with Crippen molar-refractivity contribution in [1.82, 2.24) is 0 Å². The Kier molecular flexibility index (Phi) is 2.37. The maximum Gasteiger partial charge on any atom is 0.311 e. The number of carbonyl (C=O) groups excluding carboxylic acids is 1. The molecule has 0 N–H and O–H groups in total. The van der Waals surface area contributed by atoms with E-state index in [-0.39, 0.29) is 18.0 Å². The molecular formula is C10H8NO4. The van der Waals surface area contributed by atoms with Crippen LogP contribution in [0.15, 0.2) is 18.2 Å². The molecule has 0 bridgehead atoms. The zero-order valence-corrected chi connectivity index (χ0v) is 7.80. The molecule has 5 nitrogen and oxygen atoms in total. The van der Waals surface area contributed by atoms with E-state index in [1.165, 1.54) is 6.07 Å². The van der Waals surface area contributed by atoms with Gasteiger partial charge in [0.15, 0.2) is 6.29 Å². The van der Waals surface area contributed by atoms with Crippen LogP contribution in [0.25, 0.3) is 0 Å². The lowest BCUT2D eigenvalue weighted by molar-refractivity contribution is -0.385. The van der Waals surface area contributed by atoms with Crippen molar-refractivity contribution in [3.63, 3.8) is 0 Å². The fourth-order valence-electron chi connectivity index (χ4n) is 1.71. The first-order chi connectivity index (χ1) is 7.24. The fraction of sp³-hybridized carbons (Fsp3) is 0.300. The highest BCUT2D eigenvalue weighted by atomic mass is 16.6. The van der Waals surface area contributed by atoms with Gasteiger partial charge in [0.25, 0.3) is 0 Å². The molecule has 1 aliphatic rings. The number of hydrogen-bond donors (Lipinski definition) is 0. The molecule has 0 aliphatic carbocycles. The van der Waals surface area contributed by atoms with Crippen LogP contribution in [0.2, 0.25) is 0 Å². The van der Waals surface area contributed by atoms with Crippen molar-refractivity contribution in [3.8, 4) is 5.75 Å². The summed E-state index contributed by atoms with van der Waals surface area (Å²) in [6, 6.07) is 4.74. The van der Waals surface area contributed by atoms with E-state index < -0.39 is 4.92 Å². The van der Waals surface area contributed by atoms with Crippen molar-refractivity contribution in [2.75, 3.05) is 6.61 Å². The van der Waals surface area contributed by atoms with Gasteiger partial charge in [-0.3, -0.25) is 14.9 Å². The third kappa shape index (κ3) is 1.56. The van der Waals surface area contributed by atoms with Crippen LogP contribution in [0, 0.1) is 10.1 Å². The summed E-state index contributed by atoms with van der Waals surface area (Å²) in [6.45, 7) is 0.315. The summed E-state index contributed by atoms with van der Waals surface area (Å²) < 4.78 is 5.24. The highest BCUT2D eigenvalue weighted by Gasteiger charge is 2.30. The SMILES string of the molecule is O=[C]CC1COc2c1cccc2[N+](=O)[O-]. The van der Waals surface area contributed by atoms with E-state index in [1.807, 2.05) is 0 Å². The lowest BCUT2D eigenvalue weighted by Gasteiger charge is -2.01. The van der Waals surface area contributed by atoms with Crippen molar-refractivity contribution >= 4 is 12.0 Å². The van der Waals surface area contributed by atoms with Gasteiger partial charge in [-0.2, -0.15) is 0 Å². The highest BCUT2D eigenvalue weighted by Crippen LogP contribution is 2.41. The van der Waals surface area contributed by atoms with Gasteiger partial charge in [-0.1, -0.05) is 12.1 Å². The molecule has 0 aromatic heterocycles. The first-order valence-electron chi connectivity index (χ1n) is 4.49. The van der Waals surface area contributed by atoms with Gasteiger partial charge in [-0.05, 0) is 0 Å². The summed E-state index contributed by atoms with van der Waals surface area (Å²) in [5.41, 5.74) is 0.688. The Bertz CT molecular complexity index is 416. The van der Waals surface area contributed by atoms with E-state index in [4.69, 9.17) is 4.74 Å². The predicted molar refractivity (Wildman–Crippen MR) is 51.6 cm³/mol. The van der Waals surface area contributed by atoms with E-state index in [0.717, 1.165) is 5.56 Å². The molecule has 1 aromatic carbocycles. The van der Waals surface area contributed by atoms with Gasteiger partial charge in [0.1, 0.15) is 0 Å². The van der Waals surface area contributed by atoms with Gasteiger partial charge in [0.05, 0.1) is 11.5 Å². The average Bonchev–Trinajstić information content (AvgIpc) is 2.62. The van der Waals surface area contributed by atoms with Crippen molar-refractivity contribution in [2.24, 2.45) is 0 Å². The Morgan fingerprint density at radius 3 is 3.07 bits per heavy atom. The average molecular weight is 206 g/mol. The number of nitro benzene ring substituents is 1. The van der Waals surface area contributed by atoms with Crippen LogP contribution in [0.1, 0.15) is 17.9 Å². The number of nitrogens with zero attached hydrogens (tertiary/aromatic N) is 1. The molecule has 0 fully saturated rings. The maximum atomic E-state index is 10.7. The van der Waals surface area contributed by atoms with E-state index in [0.29, 0.717) is 12.4 Å². The van der Waals surface area contributed by atoms with Crippen LogP contribution < -0.4 is 4.74 Å². The summed E-state index contributed by atoms with van der Waals surface area (Å²) in [5.74, 6) is 0.195. The molecule has 2 rings (SSSR count). The third-order valence-corrected chi connectivity index (χ3v) is 2.42. The molecule has 15 heavy (non-hydrogen) atoms. The smallest absolute Gasteiger partial charge is 0.311 e. The Morgan fingerprint density at radius 1 is 1.60 bits per heavy atom. The van der Waals surface area contributed by atoms with E-state index in [9.17, 15) is 14.9 Å². The van der Waals surface area contributed by atoms with E-state index in [1.54, 1.807) is 18.4 Å². The minimum atomic E-state index is -0.480. The minimum absolute atomic E-state index is 0.0408. The van der Waals surface area contributed by atoms with Crippen molar-refractivity contribution in [3.05, 3.63) is 33.9 Å². The molecule has 0 amide bonds. The summed E-state index contributed by atoms with van der Waals surface area (Å²) >= 11 is 0. The quantitative estimate of drug-likeness (QED) is 0.556. The summed E-state index contributed by atoms with van der Waals surface area (Å²) in [7, 11) is 0. The molecular weight excluding hydrogens is 198 g/mol. The minimum Gasteiger partial charge on any atom is -0.486 e. The van der Waals surface area contributed by atoms with Crippen molar-refractivity contribution in [2.45, 2.75) is 12.3 Å². The van der Waals surface area contributed by atoms with Crippen LogP contribution in [0.5, 0.6) is 5.75 Å². The van der Waals surface area contributed by atoms with Crippen LogP contribution in [0.4, 0.5) is 5.69 Å². The first-order valence-corrected chi connectivity index (χ1v) is 4.49. The molecule has 1 radical (unpaired) electrons. The fourth-order valence-corrected chi connectivity index (χ4v) is 1.71. The molecule has 0 spiro atoms. The van der Waals surface area contributed by atoms with E-state index >= 15 is 0 Å². The molecule has 1 aliphatic heterocycles. The lowest BCUT2D eigenvalue weighted by atomic mass is 9.98. The number of fused-ring (bicyclic) bond motifs is 1. The second-order valence-corrected chi connectivity index (χ2v) is 3.31. The second-order valence-electron chi connectivity index (χ2n) is 3.31. The normalized spacial score (nSPS) is 18.0. The third-order valence-electron chi connectivity index (χ3n) is 2.42. The number of ether oxygens (including phenoxy) is 1. The molecule has 1 heterocycles. The Labute approximate surface area is 85.8 Å². The number of para-hydroxylation sites is 1. The monoisotopic (exact) mass is 206 g/mol. The van der Waals surface area contributed by atoms with E-state index in [2.05, 4.69) is 0 Å². The second kappa shape index (κ2) is 3.68. The van der Waals surface area contributed by atoms with Gasteiger partial charge in [0.2, 0.25) is 5.75 Å². The highest BCUT2D eigenvalue weighted by molar-refractivity contribution is 5.59. The molecule has 0 saturated carbocycles. The van der Waals surface area contributed by atoms with Gasteiger partial charge >= 0.3 is 5.69 Å². The number of benzene rings is 1. The molecule has 77 valence electrons. The van der Waals surface area contributed by atoms with Gasteiger partial charge in [-0.15, -0.1) is 0 Å². The van der Waals surface area contributed by atoms with Crippen molar-refractivity contribution < 1.29 is 14.5 Å². The lowest BCUT2D eigenvalue weighted by Crippen LogP contribution is -2.00. The van der Waals surface area contributed by atoms with Crippen LogP contribution in [-0.4, -0.2) is 17.8 Å². The van der Waals surface area contributed by atoms with Crippen molar-refractivity contribution in [1.29, 1.82) is 0 Å². The Hall–Kier alpha value is -1.91. The molecule has 1 unspecified atom stereocenters. The number of rotatable bonds is 3. The summed E-state index contributed by atoms with van der Waals surface area (Å²) in [4.78, 5) is 20.5. The first kappa shape index (κ1) is 9.64. The molecule has 5 heteroatoms. The van der Waals surface area contributed by atoms with Gasteiger partial charge in [0, 0.05) is 24.0 Å². The predicted octanol–water partition coefficient (Wildman–Crippen LogP) is 1.57. The zero-order valence-electron chi connectivity index (χ0n) is 7.80. The number of hydrogen-bond acceptors (Lipinski definition) is 4. The summed E-state index contributed by atoms with van der Waals surface area (Å²) in [6.07, 6.45) is 2.02. The topological polar surface area (TPSA) is 69.4 Å². The zero-order chi connectivity index (χ0) is 10.8. The molecule has 0 saturated heterocycles.